The fourth-order valence-electron chi connectivity index (χ4n) is 2.85. The van der Waals surface area contributed by atoms with Crippen molar-refractivity contribution in [3.05, 3.63) is 6.20 Å². The zero-order valence-corrected chi connectivity index (χ0v) is 12.8. The molecule has 0 aromatic carbocycles. The maximum absolute atomic E-state index is 5.68. The second kappa shape index (κ2) is 5.48. The number of H-pyrrole nitrogens is 1. The van der Waals surface area contributed by atoms with Crippen LogP contribution >= 0.6 is 0 Å². The molecule has 7 heteroatoms. The van der Waals surface area contributed by atoms with Gasteiger partial charge in [0.1, 0.15) is 5.82 Å². The molecule has 2 N–H and O–H groups in total. The molecule has 1 unspecified atom stereocenters. The quantitative estimate of drug-likeness (QED) is 0.893. The Morgan fingerprint density at radius 1 is 1.48 bits per heavy atom. The zero-order valence-electron chi connectivity index (χ0n) is 12.8. The molecule has 3 heterocycles. The van der Waals surface area contributed by atoms with Crippen LogP contribution in [0, 0.1) is 0 Å². The smallest absolute Gasteiger partial charge is 0.226 e. The largest absolute Gasteiger partial charge is 0.377 e. The van der Waals surface area contributed by atoms with Gasteiger partial charge in [0.25, 0.3) is 0 Å². The fraction of sp³-hybridized carbons (Fsp3) is 0.643. The van der Waals surface area contributed by atoms with Crippen molar-refractivity contribution in [3.63, 3.8) is 0 Å². The molecule has 0 bridgehead atoms. The topological polar surface area (TPSA) is 79.0 Å². The van der Waals surface area contributed by atoms with Gasteiger partial charge in [-0.15, -0.1) is 0 Å². The van der Waals surface area contributed by atoms with E-state index in [-0.39, 0.29) is 5.60 Å². The van der Waals surface area contributed by atoms with Gasteiger partial charge in [-0.2, -0.15) is 15.1 Å². The lowest BCUT2D eigenvalue weighted by Crippen LogP contribution is -2.47. The lowest BCUT2D eigenvalue weighted by Gasteiger charge is -2.40. The normalized spacial score (nSPS) is 22.7. The molecule has 1 aliphatic heterocycles. The molecule has 1 aliphatic rings. The van der Waals surface area contributed by atoms with Gasteiger partial charge >= 0.3 is 0 Å². The van der Waals surface area contributed by atoms with Gasteiger partial charge in [0.15, 0.2) is 5.65 Å². The van der Waals surface area contributed by atoms with E-state index in [9.17, 15) is 0 Å². The van der Waals surface area contributed by atoms with Crippen molar-refractivity contribution in [2.24, 2.45) is 0 Å². The van der Waals surface area contributed by atoms with Crippen molar-refractivity contribution in [1.29, 1.82) is 0 Å². The van der Waals surface area contributed by atoms with Gasteiger partial charge < -0.3 is 15.0 Å². The Morgan fingerprint density at radius 2 is 2.33 bits per heavy atom. The second-order valence-corrected chi connectivity index (χ2v) is 5.71. The first-order valence-electron chi connectivity index (χ1n) is 7.40. The Labute approximate surface area is 124 Å². The summed E-state index contributed by atoms with van der Waals surface area (Å²) in [5.74, 6) is 1.56. The molecular formula is C14H22N6O. The number of piperidine rings is 1. The number of aromatic nitrogens is 4. The highest BCUT2D eigenvalue weighted by molar-refractivity contribution is 5.87. The summed E-state index contributed by atoms with van der Waals surface area (Å²) in [5.41, 5.74) is 0.637. The number of hydrogen-bond acceptors (Lipinski definition) is 6. The minimum absolute atomic E-state index is 0.127. The van der Waals surface area contributed by atoms with E-state index in [0.29, 0.717) is 5.95 Å². The molecule has 1 atom stereocenters. The first kappa shape index (κ1) is 14.1. The number of methoxy groups -OCH3 is 1. The van der Waals surface area contributed by atoms with Crippen molar-refractivity contribution in [2.75, 3.05) is 37.0 Å². The summed E-state index contributed by atoms with van der Waals surface area (Å²) >= 11 is 0. The summed E-state index contributed by atoms with van der Waals surface area (Å²) in [6, 6.07) is 0. The van der Waals surface area contributed by atoms with E-state index in [1.807, 2.05) is 6.92 Å². The van der Waals surface area contributed by atoms with Crippen molar-refractivity contribution in [1.82, 2.24) is 20.2 Å². The number of nitrogens with one attached hydrogen (secondary N) is 2. The van der Waals surface area contributed by atoms with Crippen LogP contribution in [0.4, 0.5) is 11.8 Å². The van der Waals surface area contributed by atoms with E-state index in [1.54, 1.807) is 13.3 Å². The molecule has 1 fully saturated rings. The van der Waals surface area contributed by atoms with Gasteiger partial charge in [0.05, 0.1) is 17.2 Å². The van der Waals surface area contributed by atoms with Crippen LogP contribution in [0.1, 0.15) is 26.7 Å². The van der Waals surface area contributed by atoms with Gasteiger partial charge in [0, 0.05) is 26.7 Å². The number of ether oxygens (including phenoxy) is 1. The Balaban J connectivity index is 2.00. The molecule has 2 aromatic heterocycles. The van der Waals surface area contributed by atoms with Crippen molar-refractivity contribution < 1.29 is 4.74 Å². The standard InChI is InChI=1S/C14H22N6O/c1-4-15-13-17-11-10(8-16-19-11)12(18-13)20-7-5-6-14(2,9-20)21-3/h8H,4-7,9H2,1-3H3,(H2,15,16,17,18,19). The Kier molecular flexibility index (Phi) is 3.67. The molecule has 2 aromatic rings. The van der Waals surface area contributed by atoms with Crippen molar-refractivity contribution in [2.45, 2.75) is 32.3 Å². The van der Waals surface area contributed by atoms with Crippen LogP contribution in [0.5, 0.6) is 0 Å². The average Bonchev–Trinajstić information content (AvgIpc) is 2.95. The Hall–Kier alpha value is -1.89. The number of fused-ring (bicyclic) bond motifs is 1. The van der Waals surface area contributed by atoms with E-state index in [0.717, 1.165) is 49.3 Å². The molecule has 3 rings (SSSR count). The number of hydrogen-bond donors (Lipinski definition) is 2. The van der Waals surface area contributed by atoms with E-state index in [2.05, 4.69) is 37.3 Å². The molecule has 7 nitrogen and oxygen atoms in total. The van der Waals surface area contributed by atoms with E-state index in [4.69, 9.17) is 4.74 Å². The lowest BCUT2D eigenvalue weighted by atomic mass is 9.94. The first-order valence-corrected chi connectivity index (χ1v) is 7.40. The van der Waals surface area contributed by atoms with Gasteiger partial charge in [-0.3, -0.25) is 5.10 Å². The number of aromatic amines is 1. The minimum atomic E-state index is -0.127. The maximum Gasteiger partial charge on any atom is 0.226 e. The van der Waals surface area contributed by atoms with Crippen LogP contribution in [0.15, 0.2) is 6.20 Å². The monoisotopic (exact) mass is 290 g/mol. The molecule has 0 spiro atoms. The third kappa shape index (κ3) is 2.65. The van der Waals surface area contributed by atoms with Crippen molar-refractivity contribution in [3.8, 4) is 0 Å². The molecule has 1 saturated heterocycles. The molecule has 0 aliphatic carbocycles. The predicted octanol–water partition coefficient (Wildman–Crippen LogP) is 1.79. The third-order valence-corrected chi connectivity index (χ3v) is 4.08. The average molecular weight is 290 g/mol. The SMILES string of the molecule is CCNc1nc(N2CCCC(C)(OC)C2)c2cn[nH]c2n1. The molecule has 0 radical (unpaired) electrons. The highest BCUT2D eigenvalue weighted by Crippen LogP contribution is 2.31. The van der Waals surface area contributed by atoms with E-state index >= 15 is 0 Å². The molecule has 0 saturated carbocycles. The molecular weight excluding hydrogens is 268 g/mol. The Morgan fingerprint density at radius 3 is 3.10 bits per heavy atom. The predicted molar refractivity (Wildman–Crippen MR) is 82.7 cm³/mol. The molecule has 0 amide bonds. The van der Waals surface area contributed by atoms with Crippen LogP contribution in [-0.2, 0) is 4.74 Å². The number of nitrogens with zero attached hydrogens (tertiary/aromatic N) is 4. The molecule has 114 valence electrons. The van der Waals surface area contributed by atoms with Crippen LogP contribution in [0.25, 0.3) is 11.0 Å². The summed E-state index contributed by atoms with van der Waals surface area (Å²) in [5, 5.41) is 11.2. The van der Waals surface area contributed by atoms with Crippen molar-refractivity contribution >= 4 is 22.8 Å². The Bertz CT molecular complexity index is 627. The summed E-state index contributed by atoms with van der Waals surface area (Å²) < 4.78 is 5.68. The summed E-state index contributed by atoms with van der Waals surface area (Å²) in [4.78, 5) is 11.4. The highest BCUT2D eigenvalue weighted by atomic mass is 16.5. The lowest BCUT2D eigenvalue weighted by molar-refractivity contribution is -0.00475. The molecule has 21 heavy (non-hydrogen) atoms. The van der Waals surface area contributed by atoms with Gasteiger partial charge in [-0.25, -0.2) is 0 Å². The van der Waals surface area contributed by atoms with Gasteiger partial charge in [0.2, 0.25) is 5.95 Å². The van der Waals surface area contributed by atoms with E-state index in [1.165, 1.54) is 0 Å². The zero-order chi connectivity index (χ0) is 14.9. The second-order valence-electron chi connectivity index (χ2n) is 5.71. The first-order chi connectivity index (χ1) is 10.1. The van der Waals surface area contributed by atoms with Crippen LogP contribution < -0.4 is 10.2 Å². The van der Waals surface area contributed by atoms with Crippen LogP contribution in [-0.4, -0.2) is 52.5 Å². The number of anilines is 2. The maximum atomic E-state index is 5.68. The fourth-order valence-corrected chi connectivity index (χ4v) is 2.85. The highest BCUT2D eigenvalue weighted by Gasteiger charge is 2.32. The third-order valence-electron chi connectivity index (χ3n) is 4.08. The van der Waals surface area contributed by atoms with Gasteiger partial charge in [-0.05, 0) is 26.7 Å². The summed E-state index contributed by atoms with van der Waals surface area (Å²) in [6.45, 7) is 6.77. The summed E-state index contributed by atoms with van der Waals surface area (Å²) in [7, 11) is 1.78. The van der Waals surface area contributed by atoms with Crippen LogP contribution in [0.2, 0.25) is 0 Å². The van der Waals surface area contributed by atoms with E-state index < -0.39 is 0 Å². The van der Waals surface area contributed by atoms with Gasteiger partial charge in [-0.1, -0.05) is 0 Å². The summed E-state index contributed by atoms with van der Waals surface area (Å²) in [6.07, 6.45) is 3.95. The van der Waals surface area contributed by atoms with Crippen LogP contribution in [0.3, 0.4) is 0 Å². The number of rotatable bonds is 4. The minimum Gasteiger partial charge on any atom is -0.377 e.